The van der Waals surface area contributed by atoms with Gasteiger partial charge in [0.05, 0.1) is 19.9 Å². The van der Waals surface area contributed by atoms with Gasteiger partial charge in [0.25, 0.3) is 5.91 Å². The topological polar surface area (TPSA) is 63.5 Å². The lowest BCUT2D eigenvalue weighted by molar-refractivity contribution is 0.0621. The van der Waals surface area contributed by atoms with Crippen LogP contribution in [0.3, 0.4) is 0 Å². The summed E-state index contributed by atoms with van der Waals surface area (Å²) in [4.78, 5) is 17.1. The molecule has 0 atom stereocenters. The zero-order valence-corrected chi connectivity index (χ0v) is 17.5. The first-order valence-electron chi connectivity index (χ1n) is 10.2. The number of ether oxygens (including phenoxy) is 1. The summed E-state index contributed by atoms with van der Waals surface area (Å²) in [6.45, 7) is 6.50. The van der Waals surface area contributed by atoms with Crippen LogP contribution in [0.2, 0.25) is 0 Å². The lowest BCUT2D eigenvalue weighted by Gasteiger charge is -2.34. The molecular formula is C23H27N5O2. The second kappa shape index (κ2) is 9.09. The number of aryl methyl sites for hydroxylation is 1. The zero-order valence-electron chi connectivity index (χ0n) is 17.5. The molecule has 0 unspecified atom stereocenters. The SMILES string of the molecule is COc1ccccc1CN1CCN(C(=O)c2cn(Cc3ccccc3C)nn2)CC1. The van der Waals surface area contributed by atoms with E-state index in [-0.39, 0.29) is 5.91 Å². The van der Waals surface area contributed by atoms with Crippen LogP contribution < -0.4 is 4.74 Å². The predicted octanol–water partition coefficient (Wildman–Crippen LogP) is 2.60. The van der Waals surface area contributed by atoms with Gasteiger partial charge in [0.2, 0.25) is 0 Å². The highest BCUT2D eigenvalue weighted by Gasteiger charge is 2.24. The van der Waals surface area contributed by atoms with Crippen LogP contribution >= 0.6 is 0 Å². The maximum Gasteiger partial charge on any atom is 0.276 e. The number of nitrogens with zero attached hydrogens (tertiary/aromatic N) is 5. The molecule has 30 heavy (non-hydrogen) atoms. The molecule has 1 amide bonds. The van der Waals surface area contributed by atoms with E-state index in [0.29, 0.717) is 25.3 Å². The fourth-order valence-corrected chi connectivity index (χ4v) is 3.78. The molecule has 156 valence electrons. The second-order valence-corrected chi connectivity index (χ2v) is 7.61. The van der Waals surface area contributed by atoms with Crippen LogP contribution in [0.15, 0.2) is 54.7 Å². The van der Waals surface area contributed by atoms with Crippen molar-refractivity contribution in [3.8, 4) is 5.75 Å². The molecule has 0 spiro atoms. The van der Waals surface area contributed by atoms with Crippen LogP contribution in [0, 0.1) is 6.92 Å². The molecule has 0 N–H and O–H groups in total. The predicted molar refractivity (Wildman–Crippen MR) is 114 cm³/mol. The van der Waals surface area contributed by atoms with Crippen molar-refractivity contribution >= 4 is 5.91 Å². The highest BCUT2D eigenvalue weighted by molar-refractivity contribution is 5.92. The van der Waals surface area contributed by atoms with Gasteiger partial charge in [-0.15, -0.1) is 5.10 Å². The van der Waals surface area contributed by atoms with Crippen LogP contribution in [-0.2, 0) is 13.1 Å². The van der Waals surface area contributed by atoms with Crippen molar-refractivity contribution in [2.45, 2.75) is 20.0 Å². The number of carbonyl (C=O) groups is 1. The average molecular weight is 406 g/mol. The molecule has 1 fully saturated rings. The average Bonchev–Trinajstić information content (AvgIpc) is 3.24. The number of benzene rings is 2. The molecule has 4 rings (SSSR count). The van der Waals surface area contributed by atoms with Gasteiger partial charge in [0.15, 0.2) is 5.69 Å². The number of carbonyl (C=O) groups excluding carboxylic acids is 1. The third-order valence-electron chi connectivity index (χ3n) is 5.60. The Labute approximate surface area is 176 Å². The Morgan fingerprint density at radius 1 is 0.967 bits per heavy atom. The van der Waals surface area contributed by atoms with Crippen LogP contribution in [0.5, 0.6) is 5.75 Å². The van der Waals surface area contributed by atoms with Gasteiger partial charge in [-0.2, -0.15) is 0 Å². The smallest absolute Gasteiger partial charge is 0.276 e. The second-order valence-electron chi connectivity index (χ2n) is 7.61. The number of hydrogen-bond acceptors (Lipinski definition) is 5. The molecule has 0 radical (unpaired) electrons. The molecule has 1 saturated heterocycles. The number of piperazine rings is 1. The van der Waals surface area contributed by atoms with Gasteiger partial charge in [-0.1, -0.05) is 47.7 Å². The van der Waals surface area contributed by atoms with Crippen LogP contribution in [0.1, 0.15) is 27.2 Å². The van der Waals surface area contributed by atoms with E-state index in [9.17, 15) is 4.79 Å². The minimum atomic E-state index is -0.0528. The molecule has 3 aromatic rings. The summed E-state index contributed by atoms with van der Waals surface area (Å²) in [5, 5.41) is 8.27. The van der Waals surface area contributed by atoms with Gasteiger partial charge >= 0.3 is 0 Å². The number of rotatable bonds is 6. The fourth-order valence-electron chi connectivity index (χ4n) is 3.78. The van der Waals surface area contributed by atoms with Crippen molar-refractivity contribution in [3.63, 3.8) is 0 Å². The summed E-state index contributed by atoms with van der Waals surface area (Å²) in [5.74, 6) is 0.851. The van der Waals surface area contributed by atoms with Gasteiger partial charge < -0.3 is 9.64 Å². The van der Waals surface area contributed by atoms with E-state index in [1.54, 1.807) is 18.0 Å². The summed E-state index contributed by atoms with van der Waals surface area (Å²) in [5.41, 5.74) is 3.94. The Hall–Kier alpha value is -3.19. The normalized spacial score (nSPS) is 14.7. The highest BCUT2D eigenvalue weighted by Crippen LogP contribution is 2.20. The molecule has 7 heteroatoms. The first-order chi connectivity index (χ1) is 14.6. The van der Waals surface area contributed by atoms with E-state index in [2.05, 4.69) is 40.3 Å². The van der Waals surface area contributed by atoms with Crippen molar-refractivity contribution in [2.24, 2.45) is 0 Å². The number of aromatic nitrogens is 3. The summed E-state index contributed by atoms with van der Waals surface area (Å²) in [6, 6.07) is 16.2. The first kappa shape index (κ1) is 20.1. The fraction of sp³-hybridized carbons (Fsp3) is 0.348. The Bertz CT molecular complexity index is 1010. The Morgan fingerprint density at radius 3 is 2.40 bits per heavy atom. The Kier molecular flexibility index (Phi) is 6.09. The largest absolute Gasteiger partial charge is 0.496 e. The van der Waals surface area contributed by atoms with E-state index < -0.39 is 0 Å². The van der Waals surface area contributed by atoms with Crippen molar-refractivity contribution in [3.05, 3.63) is 77.1 Å². The van der Waals surface area contributed by atoms with E-state index >= 15 is 0 Å². The number of para-hydroxylation sites is 1. The number of methoxy groups -OCH3 is 1. The van der Waals surface area contributed by atoms with Crippen molar-refractivity contribution in [1.82, 2.24) is 24.8 Å². The summed E-state index contributed by atoms with van der Waals surface area (Å²) in [7, 11) is 1.70. The van der Waals surface area contributed by atoms with Crippen LogP contribution in [0.4, 0.5) is 0 Å². The van der Waals surface area contributed by atoms with Gasteiger partial charge in [-0.3, -0.25) is 9.69 Å². The lowest BCUT2D eigenvalue weighted by Crippen LogP contribution is -2.48. The molecule has 7 nitrogen and oxygen atoms in total. The molecule has 1 aromatic heterocycles. The molecule has 1 aliphatic heterocycles. The summed E-state index contributed by atoms with van der Waals surface area (Å²) in [6.07, 6.45) is 1.75. The third kappa shape index (κ3) is 4.52. The molecule has 0 aliphatic carbocycles. The lowest BCUT2D eigenvalue weighted by atomic mass is 10.1. The van der Waals surface area contributed by atoms with Gasteiger partial charge in [0, 0.05) is 38.3 Å². The summed E-state index contributed by atoms with van der Waals surface area (Å²) >= 11 is 0. The molecular weight excluding hydrogens is 378 g/mol. The standard InChI is InChI=1S/C23H27N5O2/c1-18-7-3-4-8-19(18)16-28-17-21(24-25-28)23(29)27-13-11-26(12-14-27)15-20-9-5-6-10-22(20)30-2/h3-10,17H,11-16H2,1-2H3. The van der Waals surface area contributed by atoms with Crippen LogP contribution in [-0.4, -0.2) is 64.0 Å². The first-order valence-corrected chi connectivity index (χ1v) is 10.2. The summed E-state index contributed by atoms with van der Waals surface area (Å²) < 4.78 is 7.18. The Morgan fingerprint density at radius 2 is 1.67 bits per heavy atom. The zero-order chi connectivity index (χ0) is 20.9. The molecule has 2 heterocycles. The van der Waals surface area contributed by atoms with E-state index in [1.165, 1.54) is 16.7 Å². The minimum Gasteiger partial charge on any atom is -0.496 e. The molecule has 1 aliphatic rings. The number of amides is 1. The van der Waals surface area contributed by atoms with Crippen molar-refractivity contribution < 1.29 is 9.53 Å². The van der Waals surface area contributed by atoms with Crippen molar-refractivity contribution in [1.29, 1.82) is 0 Å². The number of hydrogen-bond donors (Lipinski definition) is 0. The van der Waals surface area contributed by atoms with Gasteiger partial charge in [-0.05, 0) is 24.1 Å². The van der Waals surface area contributed by atoms with E-state index in [4.69, 9.17) is 4.74 Å². The third-order valence-corrected chi connectivity index (χ3v) is 5.60. The maximum absolute atomic E-state index is 12.9. The molecule has 0 saturated carbocycles. The molecule has 2 aromatic carbocycles. The van der Waals surface area contributed by atoms with Crippen LogP contribution in [0.25, 0.3) is 0 Å². The quantitative estimate of drug-likeness (QED) is 0.631. The van der Waals surface area contributed by atoms with E-state index in [1.807, 2.05) is 35.2 Å². The van der Waals surface area contributed by atoms with Gasteiger partial charge in [0.1, 0.15) is 5.75 Å². The monoisotopic (exact) mass is 405 g/mol. The van der Waals surface area contributed by atoms with E-state index in [0.717, 1.165) is 25.4 Å². The highest BCUT2D eigenvalue weighted by atomic mass is 16.5. The Balaban J connectivity index is 1.33. The van der Waals surface area contributed by atoms with Crippen molar-refractivity contribution in [2.75, 3.05) is 33.3 Å². The van der Waals surface area contributed by atoms with Gasteiger partial charge in [-0.25, -0.2) is 4.68 Å². The molecule has 0 bridgehead atoms. The minimum absolute atomic E-state index is 0.0528. The maximum atomic E-state index is 12.9.